The van der Waals surface area contributed by atoms with Crippen molar-refractivity contribution in [1.82, 2.24) is 4.90 Å². The second-order valence-electron chi connectivity index (χ2n) is 3.54. The van der Waals surface area contributed by atoms with Crippen LogP contribution in [-0.2, 0) is 4.79 Å². The topological polar surface area (TPSA) is 29.5 Å². The minimum absolute atomic E-state index is 0.187. The van der Waals surface area contributed by atoms with Gasteiger partial charge in [0.2, 0.25) is 6.41 Å². The summed E-state index contributed by atoms with van der Waals surface area (Å²) in [5, 5.41) is 0. The highest BCUT2D eigenvalue weighted by molar-refractivity contribution is 5.45. The van der Waals surface area contributed by atoms with E-state index >= 15 is 0 Å². The number of benzene rings is 1. The van der Waals surface area contributed by atoms with Crippen molar-refractivity contribution in [2.45, 2.75) is 34.1 Å². The number of ether oxygens (including phenoxy) is 1. The lowest BCUT2D eigenvalue weighted by atomic mass is 10.2. The van der Waals surface area contributed by atoms with Gasteiger partial charge in [-0.25, -0.2) is 0 Å². The van der Waals surface area contributed by atoms with Crippen molar-refractivity contribution < 1.29 is 22.7 Å². The molecule has 0 bridgehead atoms. The van der Waals surface area contributed by atoms with E-state index in [9.17, 15) is 18.0 Å². The highest BCUT2D eigenvalue weighted by Gasteiger charge is 2.30. The van der Waals surface area contributed by atoms with Crippen molar-refractivity contribution in [3.05, 3.63) is 29.8 Å². The number of carbonyl (C=O) groups is 1. The van der Waals surface area contributed by atoms with Crippen molar-refractivity contribution >= 4 is 6.41 Å². The number of aryl methyl sites for hydroxylation is 1. The molecule has 0 saturated carbocycles. The van der Waals surface area contributed by atoms with Crippen molar-refractivity contribution in [3.8, 4) is 5.75 Å². The minimum atomic E-state index is -4.60. The van der Waals surface area contributed by atoms with E-state index in [1.54, 1.807) is 31.0 Å². The number of amides is 1. The lowest BCUT2D eigenvalue weighted by molar-refractivity contribution is -0.274. The number of halogens is 3. The van der Waals surface area contributed by atoms with E-state index in [1.165, 1.54) is 12.1 Å². The van der Waals surface area contributed by atoms with Crippen LogP contribution < -0.4 is 4.74 Å². The molecule has 6 heteroatoms. The molecular weight excluding hydrogens is 271 g/mol. The summed E-state index contributed by atoms with van der Waals surface area (Å²) in [6.07, 6.45) is -3.80. The SMILES string of the molecule is CC.CCN(C)C=O.Cc1ccc(OC(F)(F)F)cc1. The summed E-state index contributed by atoms with van der Waals surface area (Å²) >= 11 is 0. The Bertz CT molecular complexity index is 350. The van der Waals surface area contributed by atoms with Crippen LogP contribution in [0.4, 0.5) is 13.2 Å². The summed E-state index contributed by atoms with van der Waals surface area (Å²) in [5.74, 6) is -0.187. The van der Waals surface area contributed by atoms with Crippen LogP contribution in [0.5, 0.6) is 5.75 Å². The summed E-state index contributed by atoms with van der Waals surface area (Å²) in [7, 11) is 1.74. The molecule has 20 heavy (non-hydrogen) atoms. The van der Waals surface area contributed by atoms with E-state index in [1.807, 2.05) is 20.8 Å². The summed E-state index contributed by atoms with van der Waals surface area (Å²) in [4.78, 5) is 11.2. The number of rotatable bonds is 3. The summed E-state index contributed by atoms with van der Waals surface area (Å²) in [6.45, 7) is 8.51. The van der Waals surface area contributed by atoms with E-state index in [4.69, 9.17) is 0 Å². The average molecular weight is 293 g/mol. The summed E-state index contributed by atoms with van der Waals surface area (Å²) < 4.78 is 38.5. The molecule has 0 saturated heterocycles. The Balaban J connectivity index is 0. The number of hydrogen-bond donors (Lipinski definition) is 0. The summed E-state index contributed by atoms with van der Waals surface area (Å²) in [6, 6.07) is 5.67. The van der Waals surface area contributed by atoms with Gasteiger partial charge in [-0.15, -0.1) is 13.2 Å². The Kier molecular flexibility index (Phi) is 11.5. The third kappa shape index (κ3) is 12.7. The highest BCUT2D eigenvalue weighted by atomic mass is 19.4. The lowest BCUT2D eigenvalue weighted by Gasteiger charge is -2.08. The third-order valence-corrected chi connectivity index (χ3v) is 1.93. The van der Waals surface area contributed by atoms with E-state index in [-0.39, 0.29) is 5.75 Å². The monoisotopic (exact) mass is 293 g/mol. The van der Waals surface area contributed by atoms with Gasteiger partial charge >= 0.3 is 6.36 Å². The van der Waals surface area contributed by atoms with Crippen LogP contribution in [0.1, 0.15) is 26.3 Å². The van der Waals surface area contributed by atoms with Gasteiger partial charge in [-0.2, -0.15) is 0 Å². The van der Waals surface area contributed by atoms with Crippen LogP contribution in [0.15, 0.2) is 24.3 Å². The van der Waals surface area contributed by atoms with Gasteiger partial charge < -0.3 is 9.64 Å². The van der Waals surface area contributed by atoms with Crippen molar-refractivity contribution in [2.75, 3.05) is 13.6 Å². The molecule has 1 rings (SSSR count). The second kappa shape index (κ2) is 11.1. The first-order chi connectivity index (χ1) is 9.28. The molecule has 1 aromatic carbocycles. The largest absolute Gasteiger partial charge is 0.573 e. The molecule has 0 atom stereocenters. The quantitative estimate of drug-likeness (QED) is 0.788. The lowest BCUT2D eigenvalue weighted by Crippen LogP contribution is -2.16. The standard InChI is InChI=1S/C8H7F3O.C4H9NO.C2H6/c1-6-2-4-7(5-3-6)12-8(9,10)11;1-3-5(2)4-6;1-2/h2-5H,1H3;4H,3H2,1-2H3;1-2H3. The molecule has 116 valence electrons. The van der Waals surface area contributed by atoms with Gasteiger partial charge in [-0.1, -0.05) is 31.5 Å². The first-order valence-electron chi connectivity index (χ1n) is 6.26. The Morgan fingerprint density at radius 3 is 1.90 bits per heavy atom. The van der Waals surface area contributed by atoms with Gasteiger partial charge in [0.25, 0.3) is 0 Å². The van der Waals surface area contributed by atoms with Crippen LogP contribution in [0.25, 0.3) is 0 Å². The minimum Gasteiger partial charge on any atom is -0.406 e. The molecule has 3 nitrogen and oxygen atoms in total. The Morgan fingerprint density at radius 1 is 1.20 bits per heavy atom. The predicted molar refractivity (Wildman–Crippen MR) is 73.6 cm³/mol. The van der Waals surface area contributed by atoms with Gasteiger partial charge in [-0.3, -0.25) is 4.79 Å². The Morgan fingerprint density at radius 2 is 1.65 bits per heavy atom. The molecule has 0 spiro atoms. The third-order valence-electron chi connectivity index (χ3n) is 1.93. The van der Waals surface area contributed by atoms with E-state index in [0.717, 1.165) is 18.5 Å². The molecule has 0 N–H and O–H groups in total. The van der Waals surface area contributed by atoms with Gasteiger partial charge in [0.15, 0.2) is 0 Å². The number of carbonyl (C=O) groups excluding carboxylic acids is 1. The van der Waals surface area contributed by atoms with Crippen LogP contribution in [0.2, 0.25) is 0 Å². The van der Waals surface area contributed by atoms with Gasteiger partial charge in [0.1, 0.15) is 5.75 Å². The van der Waals surface area contributed by atoms with Gasteiger partial charge in [-0.05, 0) is 26.0 Å². The number of nitrogens with zero attached hydrogens (tertiary/aromatic N) is 1. The second-order valence-corrected chi connectivity index (χ2v) is 3.54. The molecule has 0 aliphatic rings. The van der Waals surface area contributed by atoms with Crippen molar-refractivity contribution in [3.63, 3.8) is 0 Å². The zero-order valence-corrected chi connectivity index (χ0v) is 12.5. The molecule has 0 heterocycles. The number of alkyl halides is 3. The zero-order valence-electron chi connectivity index (χ0n) is 12.5. The van der Waals surface area contributed by atoms with Crippen LogP contribution in [-0.4, -0.2) is 31.3 Å². The average Bonchev–Trinajstić information content (AvgIpc) is 2.42. The predicted octanol–water partition coefficient (Wildman–Crippen LogP) is 4.01. The molecule has 1 amide bonds. The fourth-order valence-corrected chi connectivity index (χ4v) is 0.814. The Hall–Kier alpha value is -1.72. The fraction of sp³-hybridized carbons (Fsp3) is 0.500. The fourth-order valence-electron chi connectivity index (χ4n) is 0.814. The van der Waals surface area contributed by atoms with Crippen LogP contribution in [0.3, 0.4) is 0 Å². The molecule has 0 aliphatic carbocycles. The van der Waals surface area contributed by atoms with Crippen molar-refractivity contribution in [1.29, 1.82) is 0 Å². The zero-order chi connectivity index (χ0) is 16.2. The normalized spacial score (nSPS) is 9.40. The highest BCUT2D eigenvalue weighted by Crippen LogP contribution is 2.22. The van der Waals surface area contributed by atoms with Crippen LogP contribution >= 0.6 is 0 Å². The van der Waals surface area contributed by atoms with E-state index < -0.39 is 6.36 Å². The Labute approximate surface area is 118 Å². The first-order valence-corrected chi connectivity index (χ1v) is 6.26. The van der Waals surface area contributed by atoms with Gasteiger partial charge in [0, 0.05) is 13.6 Å². The van der Waals surface area contributed by atoms with E-state index in [2.05, 4.69) is 4.74 Å². The molecule has 0 aromatic heterocycles. The van der Waals surface area contributed by atoms with Crippen molar-refractivity contribution in [2.24, 2.45) is 0 Å². The van der Waals surface area contributed by atoms with E-state index in [0.29, 0.717) is 0 Å². The molecule has 0 fully saturated rings. The number of hydrogen-bond acceptors (Lipinski definition) is 2. The molecule has 0 aliphatic heterocycles. The smallest absolute Gasteiger partial charge is 0.406 e. The molecule has 0 unspecified atom stereocenters. The molecule has 1 aromatic rings. The maximum atomic E-state index is 11.6. The molecule has 0 radical (unpaired) electrons. The van der Waals surface area contributed by atoms with Crippen LogP contribution in [0, 0.1) is 6.92 Å². The maximum absolute atomic E-state index is 11.6. The van der Waals surface area contributed by atoms with Gasteiger partial charge in [0.05, 0.1) is 0 Å². The summed E-state index contributed by atoms with van der Waals surface area (Å²) in [5.41, 5.74) is 0.893. The maximum Gasteiger partial charge on any atom is 0.573 e. The molecular formula is C14H22F3NO2. The first kappa shape index (κ1) is 20.6.